The molecule has 2 aliphatic heterocycles. The van der Waals surface area contributed by atoms with Crippen molar-refractivity contribution in [1.82, 2.24) is 20.0 Å². The van der Waals surface area contributed by atoms with Gasteiger partial charge in [-0.3, -0.25) is 14.5 Å². The highest BCUT2D eigenvalue weighted by Gasteiger charge is 2.35. The number of nitrogens with zero attached hydrogens (tertiary/aromatic N) is 3. The van der Waals surface area contributed by atoms with Crippen molar-refractivity contribution in [3.8, 4) is 0 Å². The first-order valence-corrected chi connectivity index (χ1v) is 8.16. The molecule has 2 saturated heterocycles. The predicted octanol–water partition coefficient (Wildman–Crippen LogP) is -0.639. The summed E-state index contributed by atoms with van der Waals surface area (Å²) in [7, 11) is 0. The van der Waals surface area contributed by atoms with Crippen LogP contribution in [0.3, 0.4) is 0 Å². The maximum Gasteiger partial charge on any atom is 0.236 e. The third kappa shape index (κ3) is 3.55. The molecule has 1 saturated carbocycles. The van der Waals surface area contributed by atoms with E-state index in [0.717, 1.165) is 32.5 Å². The lowest BCUT2D eigenvalue weighted by Crippen LogP contribution is -2.56. The van der Waals surface area contributed by atoms with Crippen molar-refractivity contribution < 1.29 is 9.59 Å². The van der Waals surface area contributed by atoms with E-state index in [1.54, 1.807) is 0 Å². The quantitative estimate of drug-likeness (QED) is 0.752. The van der Waals surface area contributed by atoms with Gasteiger partial charge in [-0.1, -0.05) is 0 Å². The Morgan fingerprint density at radius 3 is 2.33 bits per heavy atom. The molecule has 0 aromatic carbocycles. The minimum Gasteiger partial charge on any atom is -0.339 e. The molecule has 6 nitrogen and oxygen atoms in total. The largest absolute Gasteiger partial charge is 0.339 e. The number of amides is 2. The second-order valence-electron chi connectivity index (χ2n) is 6.50. The van der Waals surface area contributed by atoms with E-state index in [9.17, 15) is 9.59 Å². The molecule has 0 radical (unpaired) electrons. The fourth-order valence-electron chi connectivity index (χ4n) is 3.16. The smallest absolute Gasteiger partial charge is 0.236 e. The minimum absolute atomic E-state index is 0.210. The Kier molecular flexibility index (Phi) is 4.45. The van der Waals surface area contributed by atoms with Crippen LogP contribution in [0.15, 0.2) is 0 Å². The SMILES string of the molecule is C[C@H]1CNCCN1CC(=O)N1CCN(C(=O)C2CC2)CC1. The molecule has 3 rings (SSSR count). The Hall–Kier alpha value is -1.14. The summed E-state index contributed by atoms with van der Waals surface area (Å²) >= 11 is 0. The first kappa shape index (κ1) is 14.8. The zero-order chi connectivity index (χ0) is 14.8. The zero-order valence-electron chi connectivity index (χ0n) is 12.9. The van der Waals surface area contributed by atoms with E-state index >= 15 is 0 Å². The fourth-order valence-corrected chi connectivity index (χ4v) is 3.16. The maximum absolute atomic E-state index is 12.4. The predicted molar refractivity (Wildman–Crippen MR) is 79.8 cm³/mol. The van der Waals surface area contributed by atoms with Gasteiger partial charge >= 0.3 is 0 Å². The zero-order valence-corrected chi connectivity index (χ0v) is 12.9. The Labute approximate surface area is 126 Å². The van der Waals surface area contributed by atoms with Gasteiger partial charge in [0.05, 0.1) is 6.54 Å². The van der Waals surface area contributed by atoms with Crippen LogP contribution in [0.25, 0.3) is 0 Å². The summed E-state index contributed by atoms with van der Waals surface area (Å²) in [5.74, 6) is 0.800. The van der Waals surface area contributed by atoms with Gasteiger partial charge in [0.2, 0.25) is 11.8 Å². The van der Waals surface area contributed by atoms with E-state index in [-0.39, 0.29) is 11.8 Å². The molecule has 2 amide bonds. The van der Waals surface area contributed by atoms with E-state index in [1.165, 1.54) is 0 Å². The van der Waals surface area contributed by atoms with Crippen LogP contribution < -0.4 is 5.32 Å². The molecular weight excluding hydrogens is 268 g/mol. The third-order valence-corrected chi connectivity index (χ3v) is 4.85. The van der Waals surface area contributed by atoms with Gasteiger partial charge in [0.25, 0.3) is 0 Å². The van der Waals surface area contributed by atoms with Gasteiger partial charge in [-0.2, -0.15) is 0 Å². The van der Waals surface area contributed by atoms with E-state index in [0.29, 0.717) is 44.7 Å². The van der Waals surface area contributed by atoms with Crippen molar-refractivity contribution in [2.75, 3.05) is 52.4 Å². The van der Waals surface area contributed by atoms with E-state index in [4.69, 9.17) is 0 Å². The molecule has 1 atom stereocenters. The van der Waals surface area contributed by atoms with E-state index in [1.807, 2.05) is 9.80 Å². The van der Waals surface area contributed by atoms with Crippen LogP contribution in [0.1, 0.15) is 19.8 Å². The van der Waals surface area contributed by atoms with Gasteiger partial charge in [0.1, 0.15) is 0 Å². The second kappa shape index (κ2) is 6.32. The van der Waals surface area contributed by atoms with E-state index < -0.39 is 0 Å². The number of hydrogen-bond acceptors (Lipinski definition) is 4. The Balaban J connectivity index is 1.45. The molecule has 2 heterocycles. The van der Waals surface area contributed by atoms with Crippen LogP contribution in [0.4, 0.5) is 0 Å². The molecule has 6 heteroatoms. The highest BCUT2D eigenvalue weighted by molar-refractivity contribution is 5.82. The molecular formula is C15H26N4O2. The van der Waals surface area contributed by atoms with Gasteiger partial charge in [0, 0.05) is 57.8 Å². The van der Waals surface area contributed by atoms with Crippen molar-refractivity contribution in [3.05, 3.63) is 0 Å². The molecule has 0 aromatic rings. The molecule has 0 bridgehead atoms. The number of carbonyl (C=O) groups excluding carboxylic acids is 2. The molecule has 1 aliphatic carbocycles. The number of carbonyl (C=O) groups is 2. The summed E-state index contributed by atoms with van der Waals surface area (Å²) in [5.41, 5.74) is 0. The van der Waals surface area contributed by atoms with Gasteiger partial charge in [-0.05, 0) is 19.8 Å². The van der Waals surface area contributed by atoms with Crippen molar-refractivity contribution >= 4 is 11.8 Å². The average Bonchev–Trinajstić information content (AvgIpc) is 3.34. The molecule has 0 spiro atoms. The first-order chi connectivity index (χ1) is 10.1. The van der Waals surface area contributed by atoms with Gasteiger partial charge in [-0.15, -0.1) is 0 Å². The minimum atomic E-state index is 0.210. The Bertz CT molecular complexity index is 402. The summed E-state index contributed by atoms with van der Waals surface area (Å²) in [6, 6.07) is 0.417. The molecule has 1 N–H and O–H groups in total. The van der Waals surface area contributed by atoms with E-state index in [2.05, 4.69) is 17.1 Å². The monoisotopic (exact) mass is 294 g/mol. The molecule has 3 aliphatic rings. The maximum atomic E-state index is 12.4. The number of piperazine rings is 2. The highest BCUT2D eigenvalue weighted by Crippen LogP contribution is 2.31. The lowest BCUT2D eigenvalue weighted by atomic mass is 10.2. The van der Waals surface area contributed by atoms with Gasteiger partial charge in [0.15, 0.2) is 0 Å². The first-order valence-electron chi connectivity index (χ1n) is 8.16. The van der Waals surface area contributed by atoms with Crippen molar-refractivity contribution in [3.63, 3.8) is 0 Å². The molecule has 0 aromatic heterocycles. The number of hydrogen-bond donors (Lipinski definition) is 1. The van der Waals surface area contributed by atoms with Crippen LogP contribution in [0.2, 0.25) is 0 Å². The van der Waals surface area contributed by atoms with Gasteiger partial charge < -0.3 is 15.1 Å². The lowest BCUT2D eigenvalue weighted by Gasteiger charge is -2.38. The van der Waals surface area contributed by atoms with Crippen molar-refractivity contribution in [2.24, 2.45) is 5.92 Å². The summed E-state index contributed by atoms with van der Waals surface area (Å²) in [5, 5.41) is 3.34. The average molecular weight is 294 g/mol. The van der Waals surface area contributed by atoms with Crippen molar-refractivity contribution in [1.29, 1.82) is 0 Å². The lowest BCUT2D eigenvalue weighted by molar-refractivity contribution is -0.141. The van der Waals surface area contributed by atoms with Crippen molar-refractivity contribution in [2.45, 2.75) is 25.8 Å². The summed E-state index contributed by atoms with van der Waals surface area (Å²) in [4.78, 5) is 30.5. The standard InChI is InChI=1S/C15H26N4O2/c1-12-10-16-4-5-19(12)11-14(20)17-6-8-18(9-7-17)15(21)13-2-3-13/h12-13,16H,2-11H2,1H3/t12-/m0/s1. The van der Waals surface area contributed by atoms with Crippen LogP contribution in [-0.2, 0) is 9.59 Å². The Morgan fingerprint density at radius 1 is 1.05 bits per heavy atom. The molecule has 21 heavy (non-hydrogen) atoms. The molecule has 0 unspecified atom stereocenters. The highest BCUT2D eigenvalue weighted by atomic mass is 16.2. The third-order valence-electron chi connectivity index (χ3n) is 4.85. The van der Waals surface area contributed by atoms with Crippen LogP contribution in [0, 0.1) is 5.92 Å². The van der Waals surface area contributed by atoms with Crippen LogP contribution >= 0.6 is 0 Å². The second-order valence-corrected chi connectivity index (χ2v) is 6.50. The topological polar surface area (TPSA) is 55.9 Å². The summed E-state index contributed by atoms with van der Waals surface area (Å²) in [6.45, 7) is 8.32. The van der Waals surface area contributed by atoms with Crippen LogP contribution in [0.5, 0.6) is 0 Å². The number of nitrogens with one attached hydrogen (secondary N) is 1. The summed E-state index contributed by atoms with van der Waals surface area (Å²) in [6.07, 6.45) is 2.11. The molecule has 3 fully saturated rings. The molecule has 118 valence electrons. The summed E-state index contributed by atoms with van der Waals surface area (Å²) < 4.78 is 0. The van der Waals surface area contributed by atoms with Crippen LogP contribution in [-0.4, -0.2) is 84.9 Å². The Morgan fingerprint density at radius 2 is 1.71 bits per heavy atom. The van der Waals surface area contributed by atoms with Gasteiger partial charge in [-0.25, -0.2) is 0 Å². The normalized spacial score (nSPS) is 27.8. The fraction of sp³-hybridized carbons (Fsp3) is 0.867. The number of rotatable bonds is 3.